The fourth-order valence-electron chi connectivity index (χ4n) is 1.92. The molecule has 0 aliphatic carbocycles. The molecule has 17 heavy (non-hydrogen) atoms. The van der Waals surface area contributed by atoms with Crippen molar-refractivity contribution in [1.29, 1.82) is 0 Å². The molecule has 0 amide bonds. The number of benzene rings is 1. The highest BCUT2D eigenvalue weighted by atomic mass is 16.5. The van der Waals surface area contributed by atoms with Gasteiger partial charge in [0.2, 0.25) is 0 Å². The number of hydrogen-bond acceptors (Lipinski definition) is 3. The van der Waals surface area contributed by atoms with Gasteiger partial charge in [-0.05, 0) is 30.9 Å². The second kappa shape index (κ2) is 6.03. The fraction of sp³-hybridized carbons (Fsp3) is 0.571. The molecule has 2 unspecified atom stereocenters. The normalized spacial score (nSPS) is 14.8. The molecule has 2 atom stereocenters. The summed E-state index contributed by atoms with van der Waals surface area (Å²) in [6.07, 6.45) is 0.761. The Kier molecular flexibility index (Phi) is 4.97. The van der Waals surface area contributed by atoms with Gasteiger partial charge in [-0.3, -0.25) is 0 Å². The van der Waals surface area contributed by atoms with Gasteiger partial charge >= 0.3 is 0 Å². The number of hydrogen-bond donors (Lipinski definition) is 2. The Hall–Kier alpha value is -1.06. The van der Waals surface area contributed by atoms with Crippen molar-refractivity contribution < 1.29 is 4.74 Å². The Bertz CT molecular complexity index is 361. The van der Waals surface area contributed by atoms with E-state index >= 15 is 0 Å². The molecule has 3 heteroatoms. The van der Waals surface area contributed by atoms with E-state index < -0.39 is 0 Å². The van der Waals surface area contributed by atoms with Crippen LogP contribution in [0.4, 0.5) is 0 Å². The highest BCUT2D eigenvalue weighted by Gasteiger charge is 2.14. The summed E-state index contributed by atoms with van der Waals surface area (Å²) in [6.45, 7) is 6.29. The average Bonchev–Trinajstić information content (AvgIpc) is 2.27. The Labute approximate surface area is 104 Å². The number of rotatable bonds is 5. The Morgan fingerprint density at radius 1 is 1.18 bits per heavy atom. The number of ether oxygens (including phenoxy) is 1. The molecular formula is C14H24N2O. The molecule has 1 rings (SSSR count). The number of nitrogens with two attached hydrogens (primary N) is 2. The van der Waals surface area contributed by atoms with Crippen LogP contribution in [0.15, 0.2) is 18.2 Å². The van der Waals surface area contributed by atoms with Gasteiger partial charge in [-0.15, -0.1) is 0 Å². The van der Waals surface area contributed by atoms with Gasteiger partial charge in [0.15, 0.2) is 0 Å². The van der Waals surface area contributed by atoms with Crippen LogP contribution in [-0.2, 0) is 0 Å². The molecule has 0 aliphatic rings. The molecule has 0 saturated carbocycles. The van der Waals surface area contributed by atoms with Crippen molar-refractivity contribution in [1.82, 2.24) is 0 Å². The first-order valence-corrected chi connectivity index (χ1v) is 6.14. The minimum absolute atomic E-state index is 0.0637. The molecule has 0 fully saturated rings. The van der Waals surface area contributed by atoms with Crippen LogP contribution in [0.2, 0.25) is 0 Å². The Balaban J connectivity index is 2.99. The van der Waals surface area contributed by atoms with Crippen LogP contribution >= 0.6 is 0 Å². The molecule has 1 aromatic rings. The molecular weight excluding hydrogens is 212 g/mol. The van der Waals surface area contributed by atoms with Crippen LogP contribution < -0.4 is 16.2 Å². The van der Waals surface area contributed by atoms with Crippen LogP contribution in [0.3, 0.4) is 0 Å². The van der Waals surface area contributed by atoms with E-state index in [9.17, 15) is 0 Å². The summed E-state index contributed by atoms with van der Waals surface area (Å²) in [5.74, 6) is 1.35. The monoisotopic (exact) mass is 236 g/mol. The van der Waals surface area contributed by atoms with Gasteiger partial charge < -0.3 is 16.2 Å². The van der Waals surface area contributed by atoms with Gasteiger partial charge in [0.05, 0.1) is 7.11 Å². The maximum absolute atomic E-state index is 6.14. The lowest BCUT2D eigenvalue weighted by Crippen LogP contribution is -2.23. The lowest BCUT2D eigenvalue weighted by Gasteiger charge is -2.19. The summed E-state index contributed by atoms with van der Waals surface area (Å²) in [5.41, 5.74) is 14.2. The molecule has 1 aromatic carbocycles. The molecule has 0 aliphatic heterocycles. The highest BCUT2D eigenvalue weighted by Crippen LogP contribution is 2.29. The maximum Gasteiger partial charge on any atom is 0.123 e. The van der Waals surface area contributed by atoms with Gasteiger partial charge in [-0.25, -0.2) is 0 Å². The van der Waals surface area contributed by atoms with Crippen LogP contribution in [0.25, 0.3) is 0 Å². The molecule has 96 valence electrons. The first-order chi connectivity index (χ1) is 7.95. The zero-order chi connectivity index (χ0) is 13.0. The summed E-state index contributed by atoms with van der Waals surface area (Å²) in [7, 11) is 1.68. The molecule has 0 saturated heterocycles. The van der Waals surface area contributed by atoms with E-state index in [2.05, 4.69) is 32.0 Å². The molecule has 0 radical (unpaired) electrons. The Morgan fingerprint density at radius 2 is 1.82 bits per heavy atom. The predicted octanol–water partition coefficient (Wildman–Crippen LogP) is 2.56. The second-order valence-corrected chi connectivity index (χ2v) is 4.98. The summed E-state index contributed by atoms with van der Waals surface area (Å²) >= 11 is 0. The minimum atomic E-state index is -0.0637. The van der Waals surface area contributed by atoms with Crippen molar-refractivity contribution in [2.24, 2.45) is 11.5 Å². The van der Waals surface area contributed by atoms with Gasteiger partial charge in [0, 0.05) is 17.6 Å². The van der Waals surface area contributed by atoms with E-state index in [4.69, 9.17) is 16.2 Å². The molecule has 0 bridgehead atoms. The largest absolute Gasteiger partial charge is 0.496 e. The van der Waals surface area contributed by atoms with E-state index in [1.165, 1.54) is 5.56 Å². The van der Waals surface area contributed by atoms with Crippen LogP contribution in [0.1, 0.15) is 50.3 Å². The van der Waals surface area contributed by atoms with Crippen molar-refractivity contribution in [2.45, 2.75) is 45.2 Å². The molecule has 4 N–H and O–H groups in total. The molecule has 0 aromatic heterocycles. The fourth-order valence-corrected chi connectivity index (χ4v) is 1.92. The molecule has 0 heterocycles. The van der Waals surface area contributed by atoms with Gasteiger partial charge in [0.1, 0.15) is 5.75 Å². The van der Waals surface area contributed by atoms with Crippen molar-refractivity contribution in [3.8, 4) is 5.75 Å². The van der Waals surface area contributed by atoms with Crippen LogP contribution in [0.5, 0.6) is 5.75 Å². The first-order valence-electron chi connectivity index (χ1n) is 6.14. The van der Waals surface area contributed by atoms with Crippen molar-refractivity contribution in [3.05, 3.63) is 29.3 Å². The van der Waals surface area contributed by atoms with E-state index in [0.29, 0.717) is 5.92 Å². The summed E-state index contributed by atoms with van der Waals surface area (Å²) in [5, 5.41) is 0. The van der Waals surface area contributed by atoms with Gasteiger partial charge in [0.25, 0.3) is 0 Å². The van der Waals surface area contributed by atoms with E-state index in [1.807, 2.05) is 6.92 Å². The smallest absolute Gasteiger partial charge is 0.123 e. The van der Waals surface area contributed by atoms with E-state index in [1.54, 1.807) is 7.11 Å². The quantitative estimate of drug-likeness (QED) is 0.826. The van der Waals surface area contributed by atoms with Gasteiger partial charge in [-0.2, -0.15) is 0 Å². The SMILES string of the molecule is COc1cc(C(C)C)ccc1C(N)CC(C)N. The molecule has 0 spiro atoms. The predicted molar refractivity (Wildman–Crippen MR) is 72.3 cm³/mol. The zero-order valence-electron chi connectivity index (χ0n) is 11.2. The van der Waals surface area contributed by atoms with E-state index in [-0.39, 0.29) is 12.1 Å². The van der Waals surface area contributed by atoms with Crippen molar-refractivity contribution in [3.63, 3.8) is 0 Å². The van der Waals surface area contributed by atoms with Crippen LogP contribution in [-0.4, -0.2) is 13.2 Å². The third-order valence-electron chi connectivity index (χ3n) is 2.95. The maximum atomic E-state index is 6.14. The Morgan fingerprint density at radius 3 is 2.29 bits per heavy atom. The lowest BCUT2D eigenvalue weighted by molar-refractivity contribution is 0.401. The van der Waals surface area contributed by atoms with Crippen LogP contribution in [0, 0.1) is 0 Å². The van der Waals surface area contributed by atoms with E-state index in [0.717, 1.165) is 17.7 Å². The summed E-state index contributed by atoms with van der Waals surface area (Å²) in [4.78, 5) is 0. The summed E-state index contributed by atoms with van der Waals surface area (Å²) in [6, 6.07) is 6.27. The average molecular weight is 236 g/mol. The highest BCUT2D eigenvalue weighted by molar-refractivity contribution is 5.40. The van der Waals surface area contributed by atoms with Crippen molar-refractivity contribution in [2.75, 3.05) is 7.11 Å². The first kappa shape index (κ1) is 14.0. The third kappa shape index (κ3) is 3.72. The molecule has 3 nitrogen and oxygen atoms in total. The van der Waals surface area contributed by atoms with Crippen molar-refractivity contribution >= 4 is 0 Å². The standard InChI is InChI=1S/C14H24N2O/c1-9(2)11-5-6-12(14(8-11)17-4)13(16)7-10(3)15/h5-6,8-10,13H,7,15-16H2,1-4H3. The third-order valence-corrected chi connectivity index (χ3v) is 2.95. The zero-order valence-corrected chi connectivity index (χ0v) is 11.2. The second-order valence-electron chi connectivity index (χ2n) is 4.98. The number of methoxy groups -OCH3 is 1. The van der Waals surface area contributed by atoms with Gasteiger partial charge in [-0.1, -0.05) is 26.0 Å². The topological polar surface area (TPSA) is 61.3 Å². The lowest BCUT2D eigenvalue weighted by atomic mass is 9.95. The summed E-state index contributed by atoms with van der Waals surface area (Å²) < 4.78 is 5.42. The minimum Gasteiger partial charge on any atom is -0.496 e.